The summed E-state index contributed by atoms with van der Waals surface area (Å²) in [6.07, 6.45) is 7.55. The van der Waals surface area contributed by atoms with Crippen LogP contribution >= 0.6 is 11.6 Å². The Balaban J connectivity index is 1.28. The van der Waals surface area contributed by atoms with Crippen LogP contribution in [0, 0.1) is 5.92 Å². The van der Waals surface area contributed by atoms with Crippen molar-refractivity contribution in [1.29, 1.82) is 0 Å². The second-order valence-corrected chi connectivity index (χ2v) is 11.2. The van der Waals surface area contributed by atoms with Crippen LogP contribution in [0.3, 0.4) is 0 Å². The molecule has 0 radical (unpaired) electrons. The van der Waals surface area contributed by atoms with Crippen molar-refractivity contribution in [2.45, 2.75) is 44.9 Å². The molecule has 1 aromatic rings. The normalized spacial score (nSPS) is 26.0. The summed E-state index contributed by atoms with van der Waals surface area (Å²) in [7, 11) is 2.18. The van der Waals surface area contributed by atoms with E-state index in [9.17, 15) is 4.79 Å². The number of nitrogens with zero attached hydrogens (tertiary/aromatic N) is 3. The Bertz CT molecular complexity index is 1060. The minimum Gasteiger partial charge on any atom is -0.494 e. The van der Waals surface area contributed by atoms with Gasteiger partial charge in [0.1, 0.15) is 11.8 Å². The van der Waals surface area contributed by atoms with Crippen LogP contribution < -0.4 is 10.1 Å². The number of halogens is 1. The molecule has 1 saturated heterocycles. The van der Waals surface area contributed by atoms with Gasteiger partial charge in [-0.2, -0.15) is 0 Å². The van der Waals surface area contributed by atoms with Gasteiger partial charge in [-0.3, -0.25) is 4.90 Å². The number of likely N-dealkylation sites (N-methyl/N-ethyl adjacent to an activating group) is 1. The number of allylic oxidation sites excluding steroid dienone is 2. The standard InChI is InChI=1S/C29H39ClN4O3/c1-20(2)37-29(35)34-13-11-24-25-19-22(30)7-10-26(25)31-27(24)28(34)21-5-8-23(9-6-21)36-18-4-12-33-16-14-32(3)15-17-33/h5-10,19-20,25-26,28,31H,4,11-18H2,1-3H3. The Morgan fingerprint density at radius 3 is 2.62 bits per heavy atom. The molecular weight excluding hydrogens is 488 g/mol. The zero-order chi connectivity index (χ0) is 25.9. The molecule has 0 aromatic heterocycles. The number of nitrogens with one attached hydrogen (secondary N) is 1. The Labute approximate surface area is 225 Å². The van der Waals surface area contributed by atoms with E-state index >= 15 is 0 Å². The summed E-state index contributed by atoms with van der Waals surface area (Å²) < 4.78 is 11.7. The maximum atomic E-state index is 13.1. The van der Waals surface area contributed by atoms with Crippen LogP contribution in [0.5, 0.6) is 5.75 Å². The van der Waals surface area contributed by atoms with Gasteiger partial charge in [0, 0.05) is 55.9 Å². The molecule has 1 N–H and O–H groups in total. The second kappa shape index (κ2) is 11.5. The van der Waals surface area contributed by atoms with E-state index in [4.69, 9.17) is 21.1 Å². The molecule has 7 nitrogen and oxygen atoms in total. The summed E-state index contributed by atoms with van der Waals surface area (Å²) in [4.78, 5) is 19.8. The Kier molecular flexibility index (Phi) is 8.12. The quantitative estimate of drug-likeness (QED) is 0.527. The van der Waals surface area contributed by atoms with Crippen LogP contribution in [0.1, 0.15) is 38.3 Å². The molecule has 0 saturated carbocycles. The predicted octanol–water partition coefficient (Wildman–Crippen LogP) is 4.53. The molecule has 1 fully saturated rings. The van der Waals surface area contributed by atoms with Gasteiger partial charge < -0.3 is 24.6 Å². The Morgan fingerprint density at radius 1 is 1.14 bits per heavy atom. The van der Waals surface area contributed by atoms with E-state index in [1.807, 2.05) is 37.0 Å². The van der Waals surface area contributed by atoms with Crippen LogP contribution in [0.25, 0.3) is 0 Å². The van der Waals surface area contributed by atoms with Crippen molar-refractivity contribution in [3.05, 3.63) is 64.4 Å². The van der Waals surface area contributed by atoms with E-state index in [0.717, 1.165) is 67.6 Å². The van der Waals surface area contributed by atoms with Gasteiger partial charge in [-0.1, -0.05) is 35.9 Å². The van der Waals surface area contributed by atoms with Gasteiger partial charge in [0.15, 0.2) is 0 Å². The van der Waals surface area contributed by atoms with Gasteiger partial charge in [-0.15, -0.1) is 0 Å². The smallest absolute Gasteiger partial charge is 0.410 e. The van der Waals surface area contributed by atoms with E-state index in [1.165, 1.54) is 5.57 Å². The van der Waals surface area contributed by atoms with Crippen LogP contribution in [0.15, 0.2) is 58.8 Å². The zero-order valence-electron chi connectivity index (χ0n) is 22.2. The first-order valence-corrected chi connectivity index (χ1v) is 13.9. The number of hydrogen-bond acceptors (Lipinski definition) is 6. The molecule has 3 atom stereocenters. The lowest BCUT2D eigenvalue weighted by molar-refractivity contribution is 0.0648. The molecule has 5 rings (SSSR count). The van der Waals surface area contributed by atoms with Gasteiger partial charge in [0.25, 0.3) is 0 Å². The maximum Gasteiger partial charge on any atom is 0.410 e. The SMILES string of the molecule is CC(C)OC(=O)N1CCC2=C(NC3C=CC(Cl)=CC23)C1c1ccc(OCCCN2CCN(C)CC2)cc1. The lowest BCUT2D eigenvalue weighted by atomic mass is 9.85. The van der Waals surface area contributed by atoms with E-state index in [2.05, 4.69) is 46.4 Å². The third kappa shape index (κ3) is 6.00. The number of fused-ring (bicyclic) bond motifs is 2. The molecule has 37 heavy (non-hydrogen) atoms. The lowest BCUT2D eigenvalue weighted by Crippen LogP contribution is -2.44. The average molecular weight is 527 g/mol. The first-order valence-electron chi connectivity index (χ1n) is 13.5. The largest absolute Gasteiger partial charge is 0.494 e. The van der Waals surface area contributed by atoms with Gasteiger partial charge in [-0.25, -0.2) is 4.79 Å². The van der Waals surface area contributed by atoms with E-state index in [1.54, 1.807) is 0 Å². The maximum absolute atomic E-state index is 13.1. The van der Waals surface area contributed by atoms with Crippen molar-refractivity contribution in [2.75, 3.05) is 52.9 Å². The van der Waals surface area contributed by atoms with Gasteiger partial charge in [0.05, 0.1) is 18.8 Å². The molecule has 200 valence electrons. The molecule has 8 heteroatoms. The first-order chi connectivity index (χ1) is 17.9. The van der Waals surface area contributed by atoms with Crippen molar-refractivity contribution in [3.63, 3.8) is 0 Å². The molecular formula is C29H39ClN4O3. The van der Waals surface area contributed by atoms with Crippen molar-refractivity contribution >= 4 is 17.7 Å². The minimum atomic E-state index is -0.281. The van der Waals surface area contributed by atoms with E-state index < -0.39 is 0 Å². The molecule has 3 heterocycles. The van der Waals surface area contributed by atoms with Crippen LogP contribution in [0.2, 0.25) is 0 Å². The topological polar surface area (TPSA) is 57.3 Å². The van der Waals surface area contributed by atoms with Gasteiger partial charge in [-0.05, 0) is 63.1 Å². The second-order valence-electron chi connectivity index (χ2n) is 10.7. The summed E-state index contributed by atoms with van der Waals surface area (Å²) in [5.74, 6) is 1.08. The summed E-state index contributed by atoms with van der Waals surface area (Å²) in [6, 6.07) is 8.13. The third-order valence-electron chi connectivity index (χ3n) is 7.72. The Morgan fingerprint density at radius 2 is 1.89 bits per heavy atom. The predicted molar refractivity (Wildman–Crippen MR) is 147 cm³/mol. The highest BCUT2D eigenvalue weighted by atomic mass is 35.5. The van der Waals surface area contributed by atoms with Gasteiger partial charge >= 0.3 is 6.09 Å². The number of rotatable bonds is 7. The van der Waals surface area contributed by atoms with Crippen LogP contribution in [0.4, 0.5) is 4.79 Å². The number of hydrogen-bond donors (Lipinski definition) is 1. The highest BCUT2D eigenvalue weighted by molar-refractivity contribution is 6.31. The number of amides is 1. The number of carbonyl (C=O) groups excluding carboxylic acids is 1. The summed E-state index contributed by atoms with van der Waals surface area (Å²) in [6.45, 7) is 10.7. The minimum absolute atomic E-state index is 0.166. The van der Waals surface area contributed by atoms with Crippen molar-refractivity contribution in [3.8, 4) is 5.75 Å². The van der Waals surface area contributed by atoms with Gasteiger partial charge in [0.2, 0.25) is 0 Å². The van der Waals surface area contributed by atoms with E-state index in [0.29, 0.717) is 13.2 Å². The lowest BCUT2D eigenvalue weighted by Gasteiger charge is -2.37. The summed E-state index contributed by atoms with van der Waals surface area (Å²) in [5, 5.41) is 4.46. The number of benzene rings is 1. The molecule has 3 unspecified atom stereocenters. The fourth-order valence-corrected chi connectivity index (χ4v) is 5.95. The monoisotopic (exact) mass is 526 g/mol. The van der Waals surface area contributed by atoms with Crippen molar-refractivity contribution < 1.29 is 14.3 Å². The third-order valence-corrected chi connectivity index (χ3v) is 7.97. The Hall–Kier alpha value is -2.48. The molecule has 3 aliphatic heterocycles. The van der Waals surface area contributed by atoms with Crippen LogP contribution in [-0.4, -0.2) is 85.9 Å². The average Bonchev–Trinajstić information content (AvgIpc) is 3.25. The highest BCUT2D eigenvalue weighted by Crippen LogP contribution is 2.45. The molecule has 1 amide bonds. The molecule has 1 aromatic carbocycles. The molecule has 0 spiro atoms. The number of ether oxygens (including phenoxy) is 2. The summed E-state index contributed by atoms with van der Waals surface area (Å²) in [5.41, 5.74) is 3.47. The van der Waals surface area contributed by atoms with Crippen molar-refractivity contribution in [2.24, 2.45) is 5.92 Å². The summed E-state index contributed by atoms with van der Waals surface area (Å²) >= 11 is 6.34. The highest BCUT2D eigenvalue weighted by Gasteiger charge is 2.43. The zero-order valence-corrected chi connectivity index (χ0v) is 22.9. The van der Waals surface area contributed by atoms with Crippen molar-refractivity contribution in [1.82, 2.24) is 20.0 Å². The molecule has 4 aliphatic rings. The molecule has 1 aliphatic carbocycles. The first kappa shape index (κ1) is 26.1. The number of piperazine rings is 1. The van der Waals surface area contributed by atoms with E-state index in [-0.39, 0.29) is 30.2 Å². The molecule has 0 bridgehead atoms. The fourth-order valence-electron chi connectivity index (χ4n) is 5.74. The van der Waals surface area contributed by atoms with Crippen LogP contribution in [-0.2, 0) is 4.74 Å². The number of carbonyl (C=O) groups is 1. The fraction of sp³-hybridized carbons (Fsp3) is 0.552.